The quantitative estimate of drug-likeness (QED) is 0.807. The molecule has 2 N–H and O–H groups in total. The third kappa shape index (κ3) is 2.26. The van der Waals surface area contributed by atoms with Crippen LogP contribution in [0.1, 0.15) is 45.4 Å². The maximum atomic E-state index is 12.2. The molecular weight excluding hydrogens is 224 g/mol. The van der Waals surface area contributed by atoms with Crippen molar-refractivity contribution < 1.29 is 8.42 Å². The molecule has 2 heterocycles. The molecule has 2 atom stereocenters. The van der Waals surface area contributed by atoms with Gasteiger partial charge in [0.05, 0.1) is 5.75 Å². The highest BCUT2D eigenvalue weighted by atomic mass is 32.2. The first-order valence-electron chi connectivity index (χ1n) is 6.31. The molecule has 0 amide bonds. The Hall–Kier alpha value is -0.130. The molecule has 2 unspecified atom stereocenters. The van der Waals surface area contributed by atoms with Crippen LogP contribution in [-0.4, -0.2) is 36.6 Å². The lowest BCUT2D eigenvalue weighted by molar-refractivity contribution is 0.227. The van der Waals surface area contributed by atoms with Gasteiger partial charge in [0, 0.05) is 18.1 Å². The molecule has 5 heteroatoms. The summed E-state index contributed by atoms with van der Waals surface area (Å²) in [5.74, 6) is 0.311. The fourth-order valence-electron chi connectivity index (χ4n) is 3.06. The summed E-state index contributed by atoms with van der Waals surface area (Å²) in [6.45, 7) is 2.02. The largest absolute Gasteiger partial charge is 0.328 e. The Morgan fingerprint density at radius 2 is 1.81 bits per heavy atom. The summed E-state index contributed by atoms with van der Waals surface area (Å²) < 4.78 is 26.2. The summed E-state index contributed by atoms with van der Waals surface area (Å²) in [6.07, 6.45) is 5.41. The van der Waals surface area contributed by atoms with Gasteiger partial charge in [-0.3, -0.25) is 0 Å². The maximum absolute atomic E-state index is 12.2. The normalized spacial score (nSPS) is 35.5. The van der Waals surface area contributed by atoms with Gasteiger partial charge < -0.3 is 5.73 Å². The third-order valence-electron chi connectivity index (χ3n) is 3.78. The van der Waals surface area contributed by atoms with Crippen LogP contribution in [0.3, 0.4) is 0 Å². The molecule has 2 rings (SSSR count). The van der Waals surface area contributed by atoms with Gasteiger partial charge in [0.25, 0.3) is 0 Å². The molecule has 4 nitrogen and oxygen atoms in total. The molecule has 0 radical (unpaired) electrons. The lowest BCUT2D eigenvalue weighted by Gasteiger charge is -2.36. The van der Waals surface area contributed by atoms with Gasteiger partial charge in [0.2, 0.25) is 10.0 Å². The Morgan fingerprint density at radius 1 is 1.25 bits per heavy atom. The number of rotatable bonds is 4. The number of hydrogen-bond donors (Lipinski definition) is 1. The van der Waals surface area contributed by atoms with E-state index >= 15 is 0 Å². The van der Waals surface area contributed by atoms with Crippen molar-refractivity contribution in [1.82, 2.24) is 4.31 Å². The molecule has 0 spiro atoms. The summed E-state index contributed by atoms with van der Waals surface area (Å²) >= 11 is 0. The molecule has 0 saturated carbocycles. The zero-order valence-corrected chi connectivity index (χ0v) is 10.7. The number of hydrogen-bond acceptors (Lipinski definition) is 3. The van der Waals surface area contributed by atoms with Crippen LogP contribution >= 0.6 is 0 Å². The van der Waals surface area contributed by atoms with Gasteiger partial charge >= 0.3 is 0 Å². The number of piperidine rings is 1. The Labute approximate surface area is 98.2 Å². The van der Waals surface area contributed by atoms with E-state index in [9.17, 15) is 8.42 Å². The second kappa shape index (κ2) is 4.63. The standard InChI is InChI=1S/C11H22N2O2S/c1-2-3-6-16(14,15)13-10-4-5-11(13)8-9(12)7-10/h9-11H,2-8,12H2,1H3. The molecule has 0 aromatic heterocycles. The Bertz CT molecular complexity index is 328. The van der Waals surface area contributed by atoms with Crippen molar-refractivity contribution in [1.29, 1.82) is 0 Å². The minimum absolute atomic E-state index is 0.190. The van der Waals surface area contributed by atoms with Gasteiger partial charge in [-0.1, -0.05) is 13.3 Å². The van der Waals surface area contributed by atoms with Crippen molar-refractivity contribution >= 4 is 10.0 Å². The van der Waals surface area contributed by atoms with Gasteiger partial charge in [-0.05, 0) is 32.1 Å². The number of nitrogens with zero attached hydrogens (tertiary/aromatic N) is 1. The highest BCUT2D eigenvalue weighted by Gasteiger charge is 2.45. The van der Waals surface area contributed by atoms with E-state index in [1.165, 1.54) is 0 Å². The van der Waals surface area contributed by atoms with E-state index in [4.69, 9.17) is 5.73 Å². The molecule has 2 saturated heterocycles. The van der Waals surface area contributed by atoms with Gasteiger partial charge in [-0.25, -0.2) is 8.42 Å². The van der Waals surface area contributed by atoms with Crippen molar-refractivity contribution in [2.45, 2.75) is 63.6 Å². The van der Waals surface area contributed by atoms with Gasteiger partial charge in [-0.15, -0.1) is 0 Å². The fourth-order valence-corrected chi connectivity index (χ4v) is 5.22. The van der Waals surface area contributed by atoms with Crippen LogP contribution in [-0.2, 0) is 10.0 Å². The van der Waals surface area contributed by atoms with Crippen molar-refractivity contribution in [3.8, 4) is 0 Å². The van der Waals surface area contributed by atoms with E-state index in [0.717, 1.165) is 38.5 Å². The van der Waals surface area contributed by atoms with Crippen LogP contribution in [0.2, 0.25) is 0 Å². The van der Waals surface area contributed by atoms with Gasteiger partial charge in [0.15, 0.2) is 0 Å². The Balaban J connectivity index is 2.10. The van der Waals surface area contributed by atoms with Crippen LogP contribution in [0.4, 0.5) is 0 Å². The third-order valence-corrected chi connectivity index (χ3v) is 5.82. The number of sulfonamides is 1. The minimum Gasteiger partial charge on any atom is -0.328 e. The lowest BCUT2D eigenvalue weighted by atomic mass is 10.0. The molecule has 2 fully saturated rings. The van der Waals surface area contributed by atoms with Gasteiger partial charge in [0.1, 0.15) is 0 Å². The van der Waals surface area contributed by atoms with E-state index in [1.807, 2.05) is 6.92 Å². The lowest BCUT2D eigenvalue weighted by Crippen LogP contribution is -2.50. The predicted molar refractivity (Wildman–Crippen MR) is 64.6 cm³/mol. The summed E-state index contributed by atoms with van der Waals surface area (Å²) in [7, 11) is -3.03. The average Bonchev–Trinajstić information content (AvgIpc) is 2.50. The molecule has 2 aliphatic rings. The first-order chi connectivity index (χ1) is 7.54. The molecule has 0 aromatic rings. The molecule has 2 aliphatic heterocycles. The highest BCUT2D eigenvalue weighted by Crippen LogP contribution is 2.37. The molecule has 94 valence electrons. The molecule has 0 aromatic carbocycles. The number of unbranched alkanes of at least 4 members (excludes halogenated alkanes) is 1. The molecule has 0 aliphatic carbocycles. The SMILES string of the molecule is CCCCS(=O)(=O)N1C2CCC1CC(N)C2. The van der Waals surface area contributed by atoms with Crippen molar-refractivity contribution in [2.75, 3.05) is 5.75 Å². The monoisotopic (exact) mass is 246 g/mol. The van der Waals surface area contributed by atoms with Crippen LogP contribution in [0.15, 0.2) is 0 Å². The summed E-state index contributed by atoms with van der Waals surface area (Å²) in [6, 6.07) is 0.585. The zero-order chi connectivity index (χ0) is 11.8. The zero-order valence-electron chi connectivity index (χ0n) is 9.93. The second-order valence-electron chi connectivity index (χ2n) is 5.12. The number of nitrogens with two attached hydrogens (primary N) is 1. The maximum Gasteiger partial charge on any atom is 0.214 e. The van der Waals surface area contributed by atoms with E-state index in [-0.39, 0.29) is 18.1 Å². The summed E-state index contributed by atoms with van der Waals surface area (Å²) in [4.78, 5) is 0. The highest BCUT2D eigenvalue weighted by molar-refractivity contribution is 7.89. The first-order valence-corrected chi connectivity index (χ1v) is 7.92. The molecule has 2 bridgehead atoms. The Kier molecular flexibility index (Phi) is 3.56. The van der Waals surface area contributed by atoms with Crippen LogP contribution in [0.25, 0.3) is 0 Å². The van der Waals surface area contributed by atoms with Crippen LogP contribution < -0.4 is 5.73 Å². The fraction of sp³-hybridized carbons (Fsp3) is 1.00. The predicted octanol–water partition coefficient (Wildman–Crippen LogP) is 1.07. The van der Waals surface area contributed by atoms with E-state index in [0.29, 0.717) is 5.75 Å². The van der Waals surface area contributed by atoms with E-state index in [1.54, 1.807) is 4.31 Å². The topological polar surface area (TPSA) is 63.4 Å². The minimum atomic E-state index is -3.03. The summed E-state index contributed by atoms with van der Waals surface area (Å²) in [5.41, 5.74) is 5.94. The average molecular weight is 246 g/mol. The van der Waals surface area contributed by atoms with E-state index in [2.05, 4.69) is 0 Å². The van der Waals surface area contributed by atoms with Crippen LogP contribution in [0.5, 0.6) is 0 Å². The second-order valence-corrected chi connectivity index (χ2v) is 7.11. The number of fused-ring (bicyclic) bond motifs is 2. The first kappa shape index (κ1) is 12.3. The smallest absolute Gasteiger partial charge is 0.214 e. The molecular formula is C11H22N2O2S. The Morgan fingerprint density at radius 3 is 2.31 bits per heavy atom. The van der Waals surface area contributed by atoms with Crippen LogP contribution in [0, 0.1) is 0 Å². The van der Waals surface area contributed by atoms with Crippen molar-refractivity contribution in [3.05, 3.63) is 0 Å². The van der Waals surface area contributed by atoms with Gasteiger partial charge in [-0.2, -0.15) is 4.31 Å². The van der Waals surface area contributed by atoms with Crippen molar-refractivity contribution in [3.63, 3.8) is 0 Å². The molecule has 16 heavy (non-hydrogen) atoms. The summed E-state index contributed by atoms with van der Waals surface area (Å²) in [5, 5.41) is 0. The van der Waals surface area contributed by atoms with Crippen molar-refractivity contribution in [2.24, 2.45) is 5.73 Å². The van der Waals surface area contributed by atoms with E-state index < -0.39 is 10.0 Å².